The summed E-state index contributed by atoms with van der Waals surface area (Å²) in [5.74, 6) is -0.114. The van der Waals surface area contributed by atoms with Crippen LogP contribution < -0.4 is 16.4 Å². The van der Waals surface area contributed by atoms with E-state index in [1.165, 1.54) is 4.90 Å². The Morgan fingerprint density at radius 1 is 1.47 bits per heavy atom. The van der Waals surface area contributed by atoms with Gasteiger partial charge < -0.3 is 21.3 Å². The highest BCUT2D eigenvalue weighted by Crippen LogP contribution is 2.28. The highest BCUT2D eigenvalue weighted by atomic mass is 32.1. The summed E-state index contributed by atoms with van der Waals surface area (Å²) in [5.41, 5.74) is 6.04. The van der Waals surface area contributed by atoms with Crippen LogP contribution in [-0.2, 0) is 4.79 Å². The molecule has 1 saturated carbocycles. The van der Waals surface area contributed by atoms with E-state index in [1.807, 2.05) is 0 Å². The van der Waals surface area contributed by atoms with E-state index >= 15 is 0 Å². The molecule has 0 aromatic carbocycles. The van der Waals surface area contributed by atoms with Crippen LogP contribution in [0.5, 0.6) is 0 Å². The number of rotatable bonds is 5. The van der Waals surface area contributed by atoms with Gasteiger partial charge in [0.1, 0.15) is 10.6 Å². The summed E-state index contributed by atoms with van der Waals surface area (Å²) in [5, 5.41) is 6.31. The van der Waals surface area contributed by atoms with Gasteiger partial charge in [0.15, 0.2) is 5.82 Å². The van der Waals surface area contributed by atoms with Crippen LogP contribution in [0.25, 0.3) is 0 Å². The zero-order valence-corrected chi connectivity index (χ0v) is 11.7. The number of hydrogen-bond acceptors (Lipinski definition) is 6. The van der Waals surface area contributed by atoms with Gasteiger partial charge in [0.25, 0.3) is 5.91 Å². The molecule has 0 unspecified atom stereocenters. The maximum atomic E-state index is 12.0. The van der Waals surface area contributed by atoms with Crippen LogP contribution in [0.2, 0.25) is 0 Å². The molecule has 0 saturated heterocycles. The Labute approximate surface area is 115 Å². The largest absolute Gasteiger partial charge is 0.382 e. The van der Waals surface area contributed by atoms with E-state index in [-0.39, 0.29) is 30.2 Å². The van der Waals surface area contributed by atoms with Gasteiger partial charge in [0.05, 0.1) is 6.54 Å². The first-order valence-electron chi connectivity index (χ1n) is 5.99. The molecule has 1 aliphatic rings. The standard InChI is InChI=1S/C11H17N5O2S/c1-16(2)7(17)5-13-11-8(9(12)15-19-11)10(18)14-6-3-4-6/h6,13H,3-5H2,1-2H3,(H2,12,15)(H,14,18). The molecule has 0 radical (unpaired) electrons. The van der Waals surface area contributed by atoms with Gasteiger partial charge in [0, 0.05) is 20.1 Å². The lowest BCUT2D eigenvalue weighted by atomic mass is 10.3. The highest BCUT2D eigenvalue weighted by Gasteiger charge is 2.27. The third-order valence-corrected chi connectivity index (χ3v) is 3.58. The fourth-order valence-corrected chi connectivity index (χ4v) is 2.15. The molecule has 1 aliphatic carbocycles. The second kappa shape index (κ2) is 5.43. The van der Waals surface area contributed by atoms with Gasteiger partial charge in [-0.15, -0.1) is 0 Å². The molecule has 19 heavy (non-hydrogen) atoms. The molecule has 0 spiro atoms. The van der Waals surface area contributed by atoms with Gasteiger partial charge in [-0.1, -0.05) is 0 Å². The van der Waals surface area contributed by atoms with Crippen LogP contribution in [0.1, 0.15) is 23.2 Å². The number of nitrogens with one attached hydrogen (secondary N) is 2. The third kappa shape index (κ3) is 3.34. The number of amides is 2. The summed E-state index contributed by atoms with van der Waals surface area (Å²) in [6, 6.07) is 0.253. The minimum atomic E-state index is -0.228. The first kappa shape index (κ1) is 13.6. The van der Waals surface area contributed by atoms with Crippen LogP contribution in [0, 0.1) is 0 Å². The maximum absolute atomic E-state index is 12.0. The second-order valence-corrected chi connectivity index (χ2v) is 5.43. The number of hydrogen-bond donors (Lipinski definition) is 3. The molecule has 4 N–H and O–H groups in total. The zero-order chi connectivity index (χ0) is 14.0. The van der Waals surface area contributed by atoms with E-state index in [9.17, 15) is 9.59 Å². The van der Waals surface area contributed by atoms with Crippen molar-refractivity contribution in [2.24, 2.45) is 0 Å². The quantitative estimate of drug-likeness (QED) is 0.712. The van der Waals surface area contributed by atoms with Crippen LogP contribution in [0.4, 0.5) is 10.8 Å². The first-order chi connectivity index (χ1) is 8.99. The Balaban J connectivity index is 2.03. The summed E-state index contributed by atoms with van der Waals surface area (Å²) in [6.07, 6.45) is 2.01. The van der Waals surface area contributed by atoms with Crippen molar-refractivity contribution in [3.63, 3.8) is 0 Å². The lowest BCUT2D eigenvalue weighted by molar-refractivity contribution is -0.126. The predicted molar refractivity (Wildman–Crippen MR) is 74.2 cm³/mol. The molecule has 1 heterocycles. The molecule has 1 fully saturated rings. The lowest BCUT2D eigenvalue weighted by Gasteiger charge is -2.11. The van der Waals surface area contributed by atoms with E-state index in [0.717, 1.165) is 24.4 Å². The summed E-state index contributed by atoms with van der Waals surface area (Å²) in [6.45, 7) is 0.109. The molecule has 104 valence electrons. The monoisotopic (exact) mass is 283 g/mol. The van der Waals surface area contributed by atoms with E-state index in [4.69, 9.17) is 5.73 Å². The van der Waals surface area contributed by atoms with Gasteiger partial charge >= 0.3 is 0 Å². The van der Waals surface area contributed by atoms with E-state index in [0.29, 0.717) is 10.6 Å². The summed E-state index contributed by atoms with van der Waals surface area (Å²) < 4.78 is 3.96. The minimum Gasteiger partial charge on any atom is -0.382 e. The average Bonchev–Trinajstić information content (AvgIpc) is 3.07. The molecule has 2 amide bonds. The van der Waals surface area contributed by atoms with Gasteiger partial charge in [-0.3, -0.25) is 9.59 Å². The normalized spacial score (nSPS) is 14.0. The average molecular weight is 283 g/mol. The van der Waals surface area contributed by atoms with Crippen LogP contribution in [0.3, 0.4) is 0 Å². The lowest BCUT2D eigenvalue weighted by Crippen LogP contribution is -2.30. The van der Waals surface area contributed by atoms with Crippen molar-refractivity contribution in [3.05, 3.63) is 5.56 Å². The highest BCUT2D eigenvalue weighted by molar-refractivity contribution is 7.11. The van der Waals surface area contributed by atoms with Gasteiger partial charge in [-0.2, -0.15) is 4.37 Å². The van der Waals surface area contributed by atoms with Crippen molar-refractivity contribution < 1.29 is 9.59 Å². The Kier molecular flexibility index (Phi) is 3.89. The number of carbonyl (C=O) groups is 2. The number of likely N-dealkylation sites (N-methyl/N-ethyl adjacent to an activating group) is 1. The topological polar surface area (TPSA) is 100 Å². The number of nitrogens with two attached hydrogens (primary N) is 1. The molecular weight excluding hydrogens is 266 g/mol. The second-order valence-electron chi connectivity index (χ2n) is 4.66. The Morgan fingerprint density at radius 2 is 2.16 bits per heavy atom. The zero-order valence-electron chi connectivity index (χ0n) is 10.9. The molecule has 0 atom stereocenters. The van der Waals surface area contributed by atoms with Crippen molar-refractivity contribution >= 4 is 34.2 Å². The molecule has 0 aliphatic heterocycles. The van der Waals surface area contributed by atoms with E-state index < -0.39 is 0 Å². The maximum Gasteiger partial charge on any atom is 0.258 e. The van der Waals surface area contributed by atoms with Crippen LogP contribution in [0.15, 0.2) is 0 Å². The number of aromatic nitrogens is 1. The van der Waals surface area contributed by atoms with Crippen molar-refractivity contribution in [3.8, 4) is 0 Å². The summed E-state index contributed by atoms with van der Waals surface area (Å²) >= 11 is 1.09. The number of nitrogen functional groups attached to an aromatic ring is 1. The first-order valence-corrected chi connectivity index (χ1v) is 6.76. The molecule has 1 aromatic heterocycles. The number of carbonyl (C=O) groups excluding carboxylic acids is 2. The Hall–Kier alpha value is -1.83. The predicted octanol–water partition coefficient (Wildman–Crippen LogP) is 0.118. The van der Waals surface area contributed by atoms with Crippen LogP contribution >= 0.6 is 11.5 Å². The Morgan fingerprint density at radius 3 is 2.74 bits per heavy atom. The number of nitrogens with zero attached hydrogens (tertiary/aromatic N) is 2. The summed E-state index contributed by atoms with van der Waals surface area (Å²) in [7, 11) is 3.34. The summed E-state index contributed by atoms with van der Waals surface area (Å²) in [4.78, 5) is 25.0. The van der Waals surface area contributed by atoms with E-state index in [1.54, 1.807) is 14.1 Å². The van der Waals surface area contributed by atoms with Crippen molar-refractivity contribution in [1.82, 2.24) is 14.6 Å². The molecule has 8 heteroatoms. The van der Waals surface area contributed by atoms with Gasteiger partial charge in [-0.05, 0) is 24.4 Å². The van der Waals surface area contributed by atoms with Crippen LogP contribution in [-0.4, -0.2) is 47.8 Å². The molecule has 0 bridgehead atoms. The molecule has 7 nitrogen and oxygen atoms in total. The molecule has 2 rings (SSSR count). The van der Waals surface area contributed by atoms with Crippen molar-refractivity contribution in [2.75, 3.05) is 31.7 Å². The fourth-order valence-electron chi connectivity index (χ4n) is 1.44. The molecule has 1 aromatic rings. The van der Waals surface area contributed by atoms with Crippen molar-refractivity contribution in [1.29, 1.82) is 0 Å². The smallest absolute Gasteiger partial charge is 0.258 e. The number of anilines is 2. The SMILES string of the molecule is CN(C)C(=O)CNc1snc(N)c1C(=O)NC1CC1. The van der Waals surface area contributed by atoms with E-state index in [2.05, 4.69) is 15.0 Å². The molecular formula is C11H17N5O2S. The van der Waals surface area contributed by atoms with Gasteiger partial charge in [-0.25, -0.2) is 0 Å². The van der Waals surface area contributed by atoms with Gasteiger partial charge in [0.2, 0.25) is 5.91 Å². The third-order valence-electron chi connectivity index (χ3n) is 2.76. The Bertz CT molecular complexity index is 495. The van der Waals surface area contributed by atoms with Crippen molar-refractivity contribution in [2.45, 2.75) is 18.9 Å². The minimum absolute atomic E-state index is 0.0828. The fraction of sp³-hybridized carbons (Fsp3) is 0.545.